The van der Waals surface area contributed by atoms with Gasteiger partial charge < -0.3 is 9.80 Å². The predicted molar refractivity (Wildman–Crippen MR) is 120 cm³/mol. The van der Waals surface area contributed by atoms with Crippen LogP contribution in [0.3, 0.4) is 0 Å². The molecule has 0 atom stereocenters. The average Bonchev–Trinajstić information content (AvgIpc) is 3.16. The molecule has 4 rings (SSSR count). The number of aromatic nitrogens is 3. The van der Waals surface area contributed by atoms with Crippen molar-refractivity contribution < 1.29 is 9.59 Å². The van der Waals surface area contributed by atoms with E-state index in [4.69, 9.17) is 0 Å². The Morgan fingerprint density at radius 1 is 1.10 bits per heavy atom. The van der Waals surface area contributed by atoms with E-state index >= 15 is 0 Å². The molecule has 0 aliphatic carbocycles. The number of likely N-dealkylation sites (tertiary alicyclic amines) is 1. The van der Waals surface area contributed by atoms with E-state index in [1.165, 1.54) is 5.56 Å². The van der Waals surface area contributed by atoms with Crippen LogP contribution in [0.1, 0.15) is 40.0 Å². The number of carbonyl (C=O) groups is 2. The maximum absolute atomic E-state index is 13.3. The molecule has 2 aromatic heterocycles. The Morgan fingerprint density at radius 3 is 2.42 bits per heavy atom. The van der Waals surface area contributed by atoms with Crippen LogP contribution in [-0.2, 0) is 11.3 Å². The Balaban J connectivity index is 1.57. The molecule has 7 heteroatoms. The Labute approximate surface area is 182 Å². The monoisotopic (exact) mass is 419 g/mol. The molecule has 0 unspecified atom stereocenters. The maximum Gasteiger partial charge on any atom is 0.254 e. The van der Waals surface area contributed by atoms with Crippen LogP contribution in [0.5, 0.6) is 0 Å². The molecule has 1 aliphatic rings. The lowest BCUT2D eigenvalue weighted by Crippen LogP contribution is -2.42. The molecule has 0 saturated carbocycles. The van der Waals surface area contributed by atoms with Crippen molar-refractivity contribution in [1.82, 2.24) is 24.6 Å². The minimum absolute atomic E-state index is 0.00416. The second-order valence-electron chi connectivity index (χ2n) is 8.64. The molecule has 3 heterocycles. The number of carbonyl (C=O) groups excluding carboxylic acids is 2. The summed E-state index contributed by atoms with van der Waals surface area (Å²) in [6, 6.07) is 10.2. The number of nitrogens with zero attached hydrogens (tertiary/aromatic N) is 5. The summed E-state index contributed by atoms with van der Waals surface area (Å²) in [5.41, 5.74) is 4.50. The van der Waals surface area contributed by atoms with Crippen LogP contribution < -0.4 is 0 Å². The zero-order valence-corrected chi connectivity index (χ0v) is 18.6. The third kappa shape index (κ3) is 4.31. The van der Waals surface area contributed by atoms with Gasteiger partial charge in [-0.1, -0.05) is 29.8 Å². The van der Waals surface area contributed by atoms with Gasteiger partial charge in [0.2, 0.25) is 5.91 Å². The van der Waals surface area contributed by atoms with Crippen LogP contribution in [0.2, 0.25) is 0 Å². The lowest BCUT2D eigenvalue weighted by molar-refractivity contribution is -0.134. The lowest BCUT2D eigenvalue weighted by atomic mass is 9.95. The van der Waals surface area contributed by atoms with Crippen LogP contribution in [-0.4, -0.2) is 63.6 Å². The minimum atomic E-state index is -0.0128. The van der Waals surface area contributed by atoms with E-state index in [-0.39, 0.29) is 17.7 Å². The van der Waals surface area contributed by atoms with Gasteiger partial charge in [-0.2, -0.15) is 5.10 Å². The highest BCUT2D eigenvalue weighted by Crippen LogP contribution is 2.25. The number of piperidine rings is 1. The highest BCUT2D eigenvalue weighted by molar-refractivity contribution is 6.05. The van der Waals surface area contributed by atoms with Crippen LogP contribution >= 0.6 is 0 Å². The van der Waals surface area contributed by atoms with Crippen LogP contribution in [0.4, 0.5) is 0 Å². The van der Waals surface area contributed by atoms with E-state index in [0.717, 1.165) is 22.3 Å². The van der Waals surface area contributed by atoms with Crippen molar-refractivity contribution in [3.63, 3.8) is 0 Å². The van der Waals surface area contributed by atoms with E-state index in [1.54, 1.807) is 25.2 Å². The van der Waals surface area contributed by atoms with Crippen molar-refractivity contribution in [2.24, 2.45) is 5.92 Å². The van der Waals surface area contributed by atoms with E-state index in [2.05, 4.69) is 41.3 Å². The number of benzene rings is 1. The largest absolute Gasteiger partial charge is 0.349 e. The molecule has 1 aromatic carbocycles. The van der Waals surface area contributed by atoms with Gasteiger partial charge in [0.1, 0.15) is 0 Å². The molecular weight excluding hydrogens is 390 g/mol. The summed E-state index contributed by atoms with van der Waals surface area (Å²) in [6.45, 7) is 5.75. The van der Waals surface area contributed by atoms with Gasteiger partial charge in [-0.05, 0) is 38.3 Å². The first-order valence-corrected chi connectivity index (χ1v) is 10.7. The minimum Gasteiger partial charge on any atom is -0.349 e. The zero-order valence-electron chi connectivity index (χ0n) is 18.6. The smallest absolute Gasteiger partial charge is 0.254 e. The number of hydrogen-bond acceptors (Lipinski definition) is 4. The van der Waals surface area contributed by atoms with E-state index in [9.17, 15) is 9.59 Å². The van der Waals surface area contributed by atoms with E-state index in [0.29, 0.717) is 38.0 Å². The molecule has 3 aromatic rings. The third-order valence-corrected chi connectivity index (χ3v) is 5.99. The van der Waals surface area contributed by atoms with Crippen molar-refractivity contribution in [3.05, 3.63) is 58.9 Å². The summed E-state index contributed by atoms with van der Waals surface area (Å²) < 4.78 is 1.85. The third-order valence-electron chi connectivity index (χ3n) is 5.99. The first-order valence-electron chi connectivity index (χ1n) is 10.7. The number of hydrogen-bond donors (Lipinski definition) is 0. The Kier molecular flexibility index (Phi) is 5.76. The van der Waals surface area contributed by atoms with Crippen molar-refractivity contribution >= 4 is 22.8 Å². The quantitative estimate of drug-likeness (QED) is 0.652. The lowest BCUT2D eigenvalue weighted by Gasteiger charge is -2.32. The van der Waals surface area contributed by atoms with Gasteiger partial charge in [-0.15, -0.1) is 0 Å². The van der Waals surface area contributed by atoms with Gasteiger partial charge in [0, 0.05) is 38.8 Å². The summed E-state index contributed by atoms with van der Waals surface area (Å²) in [5.74, 6) is 0.128. The maximum atomic E-state index is 13.3. The topological polar surface area (TPSA) is 71.3 Å². The van der Waals surface area contributed by atoms with Gasteiger partial charge in [0.05, 0.1) is 23.7 Å². The molecule has 1 saturated heterocycles. The van der Waals surface area contributed by atoms with Crippen LogP contribution in [0.15, 0.2) is 36.5 Å². The normalized spacial score (nSPS) is 14.8. The summed E-state index contributed by atoms with van der Waals surface area (Å²) >= 11 is 0. The Bertz CT molecular complexity index is 1110. The van der Waals surface area contributed by atoms with Gasteiger partial charge in [-0.25, -0.2) is 9.67 Å². The van der Waals surface area contributed by atoms with Crippen molar-refractivity contribution in [1.29, 1.82) is 0 Å². The number of pyridine rings is 1. The highest BCUT2D eigenvalue weighted by atomic mass is 16.2. The van der Waals surface area contributed by atoms with E-state index in [1.807, 2.05) is 22.6 Å². The molecule has 2 amide bonds. The van der Waals surface area contributed by atoms with E-state index < -0.39 is 0 Å². The fraction of sp³-hybridized carbons (Fsp3) is 0.417. The second-order valence-corrected chi connectivity index (χ2v) is 8.64. The summed E-state index contributed by atoms with van der Waals surface area (Å²) in [6.07, 6.45) is 3.14. The van der Waals surface area contributed by atoms with Gasteiger partial charge >= 0.3 is 0 Å². The van der Waals surface area contributed by atoms with Gasteiger partial charge in [0.15, 0.2) is 5.65 Å². The summed E-state index contributed by atoms with van der Waals surface area (Å²) in [4.78, 5) is 33.7. The van der Waals surface area contributed by atoms with Crippen molar-refractivity contribution in [2.75, 3.05) is 27.2 Å². The van der Waals surface area contributed by atoms with Gasteiger partial charge in [0.25, 0.3) is 5.91 Å². The van der Waals surface area contributed by atoms with Gasteiger partial charge in [-0.3, -0.25) is 9.59 Å². The molecule has 162 valence electrons. The zero-order chi connectivity index (χ0) is 22.1. The van der Waals surface area contributed by atoms with Crippen molar-refractivity contribution in [3.8, 4) is 0 Å². The molecule has 31 heavy (non-hydrogen) atoms. The van der Waals surface area contributed by atoms with Crippen LogP contribution in [0, 0.1) is 19.8 Å². The summed E-state index contributed by atoms with van der Waals surface area (Å²) in [7, 11) is 3.56. The molecule has 0 spiro atoms. The first-order chi connectivity index (χ1) is 14.8. The number of rotatable bonds is 4. The fourth-order valence-corrected chi connectivity index (χ4v) is 4.20. The highest BCUT2D eigenvalue weighted by Gasteiger charge is 2.29. The first kappa shape index (κ1) is 21.0. The van der Waals surface area contributed by atoms with Crippen LogP contribution in [0.25, 0.3) is 11.0 Å². The molecule has 0 N–H and O–H groups in total. The second kappa shape index (κ2) is 8.49. The number of aryl methyl sites for hydroxylation is 2. The summed E-state index contributed by atoms with van der Waals surface area (Å²) in [5, 5.41) is 5.30. The molecule has 1 fully saturated rings. The number of fused-ring (bicyclic) bond motifs is 1. The Morgan fingerprint density at radius 2 is 1.77 bits per heavy atom. The SMILES string of the molecule is Cc1ccc(Cn2ncc3c(C(=O)N4CCC(C(=O)N(C)C)CC4)cc(C)nc32)cc1. The van der Waals surface area contributed by atoms with Crippen molar-refractivity contribution in [2.45, 2.75) is 33.2 Å². The molecular formula is C24H29N5O2. The Hall–Kier alpha value is -3.22. The number of amides is 2. The average molecular weight is 420 g/mol. The standard InChI is InChI=1S/C24H29N5O2/c1-16-5-7-18(8-6-16)15-29-22-21(14-25-29)20(13-17(2)26-22)24(31)28-11-9-19(10-12-28)23(30)27(3)4/h5-8,13-14,19H,9-12,15H2,1-4H3. The molecule has 0 radical (unpaired) electrons. The molecule has 7 nitrogen and oxygen atoms in total. The fourth-order valence-electron chi connectivity index (χ4n) is 4.20. The molecule has 1 aliphatic heterocycles. The predicted octanol–water partition coefficient (Wildman–Crippen LogP) is 3.04. The molecule has 0 bridgehead atoms.